The summed E-state index contributed by atoms with van der Waals surface area (Å²) >= 11 is 6.83. The predicted octanol–water partition coefficient (Wildman–Crippen LogP) is 4.40. The SMILES string of the molecule is O=C(CSc1nnc(-c2ccccc2F)o1)Nc1ccc(F)cc1Cl. The zero-order chi connectivity index (χ0) is 17.8. The summed E-state index contributed by atoms with van der Waals surface area (Å²) in [6.45, 7) is 0. The molecule has 0 aliphatic carbocycles. The van der Waals surface area contributed by atoms with Crippen molar-refractivity contribution in [3.05, 3.63) is 59.1 Å². The lowest BCUT2D eigenvalue weighted by Gasteiger charge is -2.06. The Morgan fingerprint density at radius 3 is 2.76 bits per heavy atom. The Balaban J connectivity index is 1.60. The number of hydrogen-bond acceptors (Lipinski definition) is 5. The fraction of sp³-hybridized carbons (Fsp3) is 0.0625. The maximum absolute atomic E-state index is 13.7. The molecule has 0 fully saturated rings. The van der Waals surface area contributed by atoms with E-state index in [2.05, 4.69) is 15.5 Å². The van der Waals surface area contributed by atoms with Crippen LogP contribution in [0, 0.1) is 11.6 Å². The quantitative estimate of drug-likeness (QED) is 0.663. The van der Waals surface area contributed by atoms with Gasteiger partial charge in [-0.25, -0.2) is 8.78 Å². The first-order valence-electron chi connectivity index (χ1n) is 6.99. The summed E-state index contributed by atoms with van der Waals surface area (Å²) in [6, 6.07) is 9.65. The van der Waals surface area contributed by atoms with Crippen LogP contribution in [-0.4, -0.2) is 21.9 Å². The van der Waals surface area contributed by atoms with Gasteiger partial charge in [-0.1, -0.05) is 35.5 Å². The van der Waals surface area contributed by atoms with Crippen molar-refractivity contribution in [1.82, 2.24) is 10.2 Å². The molecule has 1 aromatic heterocycles. The topological polar surface area (TPSA) is 68.0 Å². The summed E-state index contributed by atoms with van der Waals surface area (Å²) in [5.74, 6) is -1.37. The average Bonchev–Trinajstić information content (AvgIpc) is 3.05. The summed E-state index contributed by atoms with van der Waals surface area (Å²) in [7, 11) is 0. The number of nitrogens with zero attached hydrogens (tertiary/aromatic N) is 2. The monoisotopic (exact) mass is 381 g/mol. The molecule has 3 rings (SSSR count). The van der Waals surface area contributed by atoms with Gasteiger partial charge in [0.15, 0.2) is 0 Å². The summed E-state index contributed by atoms with van der Waals surface area (Å²) < 4.78 is 32.0. The van der Waals surface area contributed by atoms with Crippen molar-refractivity contribution in [1.29, 1.82) is 0 Å². The molecule has 1 N–H and O–H groups in total. The van der Waals surface area contributed by atoms with E-state index in [-0.39, 0.29) is 33.4 Å². The number of anilines is 1. The van der Waals surface area contributed by atoms with E-state index in [4.69, 9.17) is 16.0 Å². The summed E-state index contributed by atoms with van der Waals surface area (Å²) in [6.07, 6.45) is 0. The summed E-state index contributed by atoms with van der Waals surface area (Å²) in [4.78, 5) is 11.9. The van der Waals surface area contributed by atoms with Crippen molar-refractivity contribution < 1.29 is 18.0 Å². The maximum atomic E-state index is 13.7. The minimum Gasteiger partial charge on any atom is -0.411 e. The van der Waals surface area contributed by atoms with Crippen LogP contribution in [0.5, 0.6) is 0 Å². The largest absolute Gasteiger partial charge is 0.411 e. The predicted molar refractivity (Wildman–Crippen MR) is 90.5 cm³/mol. The van der Waals surface area contributed by atoms with Gasteiger partial charge >= 0.3 is 0 Å². The number of rotatable bonds is 5. The van der Waals surface area contributed by atoms with E-state index < -0.39 is 11.6 Å². The highest BCUT2D eigenvalue weighted by atomic mass is 35.5. The molecule has 0 atom stereocenters. The number of benzene rings is 2. The van der Waals surface area contributed by atoms with Crippen molar-refractivity contribution >= 4 is 35.0 Å². The second-order valence-electron chi connectivity index (χ2n) is 4.81. The van der Waals surface area contributed by atoms with Crippen molar-refractivity contribution in [2.75, 3.05) is 11.1 Å². The zero-order valence-electron chi connectivity index (χ0n) is 12.5. The molecular weight excluding hydrogens is 372 g/mol. The molecule has 3 aromatic rings. The van der Waals surface area contributed by atoms with E-state index in [0.717, 1.165) is 17.8 Å². The Hall–Kier alpha value is -2.45. The standard InChI is InChI=1S/C16H10ClF2N3O2S/c17-11-7-9(18)5-6-13(11)20-14(23)8-25-16-22-21-15(24-16)10-3-1-2-4-12(10)19/h1-7H,8H2,(H,20,23). The third-order valence-electron chi connectivity index (χ3n) is 3.04. The molecule has 0 aliphatic heterocycles. The zero-order valence-corrected chi connectivity index (χ0v) is 14.1. The van der Waals surface area contributed by atoms with Crippen molar-refractivity contribution in [2.45, 2.75) is 5.22 Å². The number of aromatic nitrogens is 2. The fourth-order valence-corrected chi connectivity index (χ4v) is 2.69. The van der Waals surface area contributed by atoms with Gasteiger partial charge in [-0.3, -0.25) is 4.79 Å². The smallest absolute Gasteiger partial charge is 0.277 e. The fourth-order valence-electron chi connectivity index (χ4n) is 1.92. The van der Waals surface area contributed by atoms with Crippen LogP contribution < -0.4 is 5.32 Å². The van der Waals surface area contributed by atoms with Crippen LogP contribution >= 0.6 is 23.4 Å². The molecule has 1 heterocycles. The Labute approximate surface area is 150 Å². The van der Waals surface area contributed by atoms with Crippen LogP contribution in [0.25, 0.3) is 11.5 Å². The van der Waals surface area contributed by atoms with Crippen molar-refractivity contribution in [2.24, 2.45) is 0 Å². The molecule has 0 bridgehead atoms. The Morgan fingerprint density at radius 2 is 2.00 bits per heavy atom. The normalized spacial score (nSPS) is 10.7. The lowest BCUT2D eigenvalue weighted by atomic mass is 10.2. The molecule has 2 aromatic carbocycles. The van der Waals surface area contributed by atoms with E-state index >= 15 is 0 Å². The first-order chi connectivity index (χ1) is 12.0. The number of hydrogen-bond donors (Lipinski definition) is 1. The third kappa shape index (κ3) is 4.34. The number of nitrogens with one attached hydrogen (secondary N) is 1. The highest BCUT2D eigenvalue weighted by Gasteiger charge is 2.14. The molecule has 0 radical (unpaired) electrons. The highest BCUT2D eigenvalue weighted by molar-refractivity contribution is 7.99. The number of halogens is 3. The lowest BCUT2D eigenvalue weighted by molar-refractivity contribution is -0.113. The molecule has 0 saturated carbocycles. The van der Waals surface area contributed by atoms with Crippen LogP contribution in [0.15, 0.2) is 52.1 Å². The van der Waals surface area contributed by atoms with E-state index in [1.165, 1.54) is 24.3 Å². The van der Waals surface area contributed by atoms with Gasteiger partial charge in [0.1, 0.15) is 11.6 Å². The first kappa shape index (κ1) is 17.4. The Kier molecular flexibility index (Phi) is 5.30. The molecule has 0 unspecified atom stereocenters. The van der Waals surface area contributed by atoms with E-state index in [1.807, 2.05) is 0 Å². The lowest BCUT2D eigenvalue weighted by Crippen LogP contribution is -2.14. The maximum Gasteiger partial charge on any atom is 0.277 e. The second kappa shape index (κ2) is 7.62. The molecule has 1 amide bonds. The highest BCUT2D eigenvalue weighted by Crippen LogP contribution is 2.26. The number of thioether (sulfide) groups is 1. The van der Waals surface area contributed by atoms with Crippen LogP contribution in [0.2, 0.25) is 5.02 Å². The average molecular weight is 382 g/mol. The van der Waals surface area contributed by atoms with Crippen LogP contribution in [-0.2, 0) is 4.79 Å². The molecule has 128 valence electrons. The van der Waals surface area contributed by atoms with E-state index in [1.54, 1.807) is 12.1 Å². The molecule has 25 heavy (non-hydrogen) atoms. The van der Waals surface area contributed by atoms with Gasteiger partial charge in [-0.05, 0) is 30.3 Å². The Morgan fingerprint density at radius 1 is 1.20 bits per heavy atom. The minimum absolute atomic E-state index is 0.0302. The van der Waals surface area contributed by atoms with Gasteiger partial charge in [-0.15, -0.1) is 10.2 Å². The number of carbonyl (C=O) groups is 1. The molecular formula is C16H10ClF2N3O2S. The summed E-state index contributed by atoms with van der Waals surface area (Å²) in [5, 5.41) is 10.3. The van der Waals surface area contributed by atoms with Crippen LogP contribution in [0.4, 0.5) is 14.5 Å². The van der Waals surface area contributed by atoms with Crippen LogP contribution in [0.1, 0.15) is 0 Å². The molecule has 0 spiro atoms. The van der Waals surface area contributed by atoms with Crippen molar-refractivity contribution in [3.8, 4) is 11.5 Å². The minimum atomic E-state index is -0.496. The van der Waals surface area contributed by atoms with Gasteiger partial charge in [-0.2, -0.15) is 0 Å². The van der Waals surface area contributed by atoms with Gasteiger partial charge < -0.3 is 9.73 Å². The first-order valence-corrected chi connectivity index (χ1v) is 8.35. The molecule has 0 aliphatic rings. The third-order valence-corrected chi connectivity index (χ3v) is 4.17. The van der Waals surface area contributed by atoms with Gasteiger partial charge in [0, 0.05) is 0 Å². The van der Waals surface area contributed by atoms with E-state index in [9.17, 15) is 13.6 Å². The molecule has 5 nitrogen and oxygen atoms in total. The second-order valence-corrected chi connectivity index (χ2v) is 6.15. The Bertz CT molecular complexity index is 920. The number of carbonyl (C=O) groups excluding carboxylic acids is 1. The van der Waals surface area contributed by atoms with Gasteiger partial charge in [0.25, 0.3) is 11.1 Å². The van der Waals surface area contributed by atoms with Gasteiger partial charge in [0.2, 0.25) is 5.91 Å². The molecule has 9 heteroatoms. The van der Waals surface area contributed by atoms with Gasteiger partial charge in [0.05, 0.1) is 22.0 Å². The number of amides is 1. The van der Waals surface area contributed by atoms with E-state index in [0.29, 0.717) is 5.69 Å². The van der Waals surface area contributed by atoms with Crippen LogP contribution in [0.3, 0.4) is 0 Å². The summed E-state index contributed by atoms with van der Waals surface area (Å²) in [5.41, 5.74) is 0.482. The van der Waals surface area contributed by atoms with Crippen molar-refractivity contribution in [3.63, 3.8) is 0 Å². The molecule has 0 saturated heterocycles.